The summed E-state index contributed by atoms with van der Waals surface area (Å²) >= 11 is 0. The van der Waals surface area contributed by atoms with Gasteiger partial charge in [0.1, 0.15) is 6.04 Å². The van der Waals surface area contributed by atoms with Crippen LogP contribution in [0.25, 0.3) is 0 Å². The zero-order chi connectivity index (χ0) is 13.6. The first-order chi connectivity index (χ1) is 8.53. The number of carbonyl (C=O) groups is 2. The minimum atomic E-state index is -1.01. The van der Waals surface area contributed by atoms with Crippen LogP contribution in [0.15, 0.2) is 0 Å². The Kier molecular flexibility index (Phi) is 5.40. The molecule has 0 aromatic rings. The van der Waals surface area contributed by atoms with Gasteiger partial charge >= 0.3 is 12.0 Å². The normalized spacial score (nSPS) is 17.9. The van der Waals surface area contributed by atoms with Crippen LogP contribution in [0.5, 0.6) is 0 Å². The molecule has 18 heavy (non-hydrogen) atoms. The van der Waals surface area contributed by atoms with Gasteiger partial charge in [0, 0.05) is 20.3 Å². The molecule has 0 spiro atoms. The van der Waals surface area contributed by atoms with Crippen molar-refractivity contribution >= 4 is 12.0 Å². The third kappa shape index (κ3) is 4.52. The molecule has 1 saturated carbocycles. The van der Waals surface area contributed by atoms with Gasteiger partial charge in [0.15, 0.2) is 0 Å². The van der Waals surface area contributed by atoms with Crippen LogP contribution >= 0.6 is 0 Å². The van der Waals surface area contributed by atoms with E-state index in [1.165, 1.54) is 0 Å². The van der Waals surface area contributed by atoms with Gasteiger partial charge in [-0.1, -0.05) is 6.92 Å². The van der Waals surface area contributed by atoms with Gasteiger partial charge in [-0.15, -0.1) is 0 Å². The van der Waals surface area contributed by atoms with Gasteiger partial charge in [0.2, 0.25) is 0 Å². The van der Waals surface area contributed by atoms with Crippen LogP contribution in [0, 0.1) is 5.41 Å². The fourth-order valence-corrected chi connectivity index (χ4v) is 1.83. The molecule has 2 amide bonds. The van der Waals surface area contributed by atoms with Crippen LogP contribution in [0.2, 0.25) is 0 Å². The lowest BCUT2D eigenvalue weighted by Gasteiger charge is -2.17. The largest absolute Gasteiger partial charge is 0.480 e. The van der Waals surface area contributed by atoms with E-state index in [0.29, 0.717) is 19.6 Å². The molecule has 0 aromatic heterocycles. The van der Waals surface area contributed by atoms with E-state index < -0.39 is 18.0 Å². The van der Waals surface area contributed by atoms with Crippen LogP contribution in [0.1, 0.15) is 32.6 Å². The quantitative estimate of drug-likeness (QED) is 0.605. The van der Waals surface area contributed by atoms with Crippen molar-refractivity contribution < 1.29 is 19.4 Å². The molecule has 0 unspecified atom stereocenters. The maximum atomic E-state index is 11.5. The predicted octanol–water partition coefficient (Wildman–Crippen LogP) is 0.965. The van der Waals surface area contributed by atoms with Crippen LogP contribution in [0.3, 0.4) is 0 Å². The van der Waals surface area contributed by atoms with E-state index >= 15 is 0 Å². The minimum absolute atomic E-state index is 0.165. The highest BCUT2D eigenvalue weighted by Crippen LogP contribution is 2.48. The van der Waals surface area contributed by atoms with E-state index in [-0.39, 0.29) is 5.41 Å². The average molecular weight is 258 g/mol. The third-order valence-corrected chi connectivity index (χ3v) is 3.43. The third-order valence-electron chi connectivity index (χ3n) is 3.43. The van der Waals surface area contributed by atoms with E-state index in [1.54, 1.807) is 14.0 Å². The first-order valence-electron chi connectivity index (χ1n) is 6.29. The number of nitrogens with one attached hydrogen (secondary N) is 2. The van der Waals surface area contributed by atoms with Gasteiger partial charge in [-0.05, 0) is 31.1 Å². The van der Waals surface area contributed by atoms with Crippen LogP contribution in [-0.2, 0) is 9.53 Å². The van der Waals surface area contributed by atoms with Crippen molar-refractivity contribution in [3.05, 3.63) is 0 Å². The Morgan fingerprint density at radius 1 is 1.44 bits per heavy atom. The second-order valence-electron chi connectivity index (χ2n) is 4.87. The van der Waals surface area contributed by atoms with Gasteiger partial charge in [-0.25, -0.2) is 9.59 Å². The molecule has 1 atom stereocenters. The van der Waals surface area contributed by atoms with E-state index in [1.807, 2.05) is 0 Å². The Morgan fingerprint density at radius 3 is 2.56 bits per heavy atom. The maximum absolute atomic E-state index is 11.5. The number of carboxylic acid groups (broad SMARTS) is 1. The van der Waals surface area contributed by atoms with Crippen LogP contribution < -0.4 is 10.6 Å². The standard InChI is InChI=1S/C12H22N2O4/c1-3-9(10(15)16)14-11(17)13-8-12(4-5-12)6-7-18-2/h9H,3-8H2,1-2H3,(H,15,16)(H2,13,14,17)/t9-/m0/s1. The molecule has 0 heterocycles. The summed E-state index contributed by atoms with van der Waals surface area (Å²) in [5, 5.41) is 14.0. The summed E-state index contributed by atoms with van der Waals surface area (Å²) in [5.41, 5.74) is 0.165. The Bertz CT molecular complexity index is 302. The fourth-order valence-electron chi connectivity index (χ4n) is 1.83. The van der Waals surface area contributed by atoms with Crippen molar-refractivity contribution in [3.63, 3.8) is 0 Å². The average Bonchev–Trinajstić information content (AvgIpc) is 3.11. The highest BCUT2D eigenvalue weighted by Gasteiger charge is 2.42. The zero-order valence-electron chi connectivity index (χ0n) is 11.0. The first-order valence-corrected chi connectivity index (χ1v) is 6.29. The molecule has 0 aliphatic heterocycles. The maximum Gasteiger partial charge on any atom is 0.326 e. The lowest BCUT2D eigenvalue weighted by atomic mass is 10.0. The van der Waals surface area contributed by atoms with Gasteiger partial charge in [-0.2, -0.15) is 0 Å². The highest BCUT2D eigenvalue weighted by molar-refractivity contribution is 5.82. The monoisotopic (exact) mass is 258 g/mol. The summed E-state index contributed by atoms with van der Waals surface area (Å²) in [6.45, 7) is 2.99. The van der Waals surface area contributed by atoms with E-state index in [0.717, 1.165) is 19.3 Å². The van der Waals surface area contributed by atoms with Crippen molar-refractivity contribution in [3.8, 4) is 0 Å². The predicted molar refractivity (Wildman–Crippen MR) is 66.4 cm³/mol. The van der Waals surface area contributed by atoms with Crippen molar-refractivity contribution in [2.24, 2.45) is 5.41 Å². The topological polar surface area (TPSA) is 87.7 Å². The summed E-state index contributed by atoms with van der Waals surface area (Å²) < 4.78 is 5.03. The highest BCUT2D eigenvalue weighted by atomic mass is 16.5. The molecule has 1 rings (SSSR count). The Morgan fingerprint density at radius 2 is 2.11 bits per heavy atom. The smallest absolute Gasteiger partial charge is 0.326 e. The lowest BCUT2D eigenvalue weighted by molar-refractivity contribution is -0.139. The van der Waals surface area contributed by atoms with E-state index in [4.69, 9.17) is 9.84 Å². The number of hydrogen-bond acceptors (Lipinski definition) is 3. The Hall–Kier alpha value is -1.30. The Balaban J connectivity index is 2.26. The number of amides is 2. The molecule has 0 aromatic carbocycles. The lowest BCUT2D eigenvalue weighted by Crippen LogP contribution is -2.47. The number of methoxy groups -OCH3 is 1. The zero-order valence-corrected chi connectivity index (χ0v) is 11.0. The molecule has 6 nitrogen and oxygen atoms in total. The number of rotatable bonds is 8. The summed E-state index contributed by atoms with van der Waals surface area (Å²) in [6.07, 6.45) is 3.48. The number of carboxylic acids is 1. The Labute approximate surface area is 107 Å². The van der Waals surface area contributed by atoms with Crippen LogP contribution in [-0.4, -0.2) is 43.4 Å². The molecule has 6 heteroatoms. The minimum Gasteiger partial charge on any atom is -0.480 e. The summed E-state index contributed by atoms with van der Waals surface area (Å²) in [5.74, 6) is -1.01. The van der Waals surface area contributed by atoms with Gasteiger partial charge in [0.05, 0.1) is 0 Å². The van der Waals surface area contributed by atoms with E-state index in [9.17, 15) is 9.59 Å². The molecule has 3 N–H and O–H groups in total. The van der Waals surface area contributed by atoms with Gasteiger partial charge in [-0.3, -0.25) is 0 Å². The second-order valence-corrected chi connectivity index (χ2v) is 4.87. The molecule has 104 valence electrons. The number of aliphatic carboxylic acids is 1. The summed E-state index contributed by atoms with van der Waals surface area (Å²) in [4.78, 5) is 22.3. The molecule has 0 radical (unpaired) electrons. The van der Waals surface area contributed by atoms with E-state index in [2.05, 4.69) is 10.6 Å². The summed E-state index contributed by atoms with van der Waals surface area (Å²) in [6, 6.07) is -1.23. The number of hydrogen-bond donors (Lipinski definition) is 3. The van der Waals surface area contributed by atoms with Gasteiger partial charge in [0.25, 0.3) is 0 Å². The summed E-state index contributed by atoms with van der Waals surface area (Å²) in [7, 11) is 1.66. The first kappa shape index (κ1) is 14.8. The van der Waals surface area contributed by atoms with Crippen molar-refractivity contribution in [1.82, 2.24) is 10.6 Å². The molecule has 1 fully saturated rings. The number of urea groups is 1. The molecule has 0 saturated heterocycles. The molecule has 1 aliphatic rings. The van der Waals surface area contributed by atoms with Crippen molar-refractivity contribution in [2.45, 2.75) is 38.6 Å². The van der Waals surface area contributed by atoms with Crippen molar-refractivity contribution in [2.75, 3.05) is 20.3 Å². The molecular formula is C12H22N2O4. The van der Waals surface area contributed by atoms with Crippen LogP contribution in [0.4, 0.5) is 4.79 Å². The number of carbonyl (C=O) groups excluding carboxylic acids is 1. The molecule has 1 aliphatic carbocycles. The van der Waals surface area contributed by atoms with Gasteiger partial charge < -0.3 is 20.5 Å². The van der Waals surface area contributed by atoms with Crippen molar-refractivity contribution in [1.29, 1.82) is 0 Å². The SMILES string of the molecule is CC[C@H](NC(=O)NCC1(CCOC)CC1)C(=O)O. The second kappa shape index (κ2) is 6.58. The number of ether oxygens (including phenoxy) is 1. The fraction of sp³-hybridized carbons (Fsp3) is 0.833. The molecular weight excluding hydrogens is 236 g/mol. The molecule has 0 bridgehead atoms.